The Morgan fingerprint density at radius 3 is 3.09 bits per heavy atom. The van der Waals surface area contributed by atoms with E-state index in [1.165, 1.54) is 12.0 Å². The number of aliphatic hydroxyl groups is 1. The maximum Gasteiger partial charge on any atom is 0.0587 e. The van der Waals surface area contributed by atoms with Gasteiger partial charge in [0.25, 0.3) is 0 Å². The Labute approximate surface area is 67.3 Å². The maximum atomic E-state index is 9.01. The van der Waals surface area contributed by atoms with Gasteiger partial charge in [-0.15, -0.1) is 0 Å². The number of hydrogen-bond donors (Lipinski definition) is 2. The monoisotopic (exact) mass is 153 g/mol. The summed E-state index contributed by atoms with van der Waals surface area (Å²) in [6, 6.07) is 0.347. The van der Waals surface area contributed by atoms with Gasteiger partial charge in [0.1, 0.15) is 0 Å². The molecule has 0 aromatic carbocycles. The lowest BCUT2D eigenvalue weighted by Crippen LogP contribution is -2.30. The minimum absolute atomic E-state index is 0.286. The molecule has 1 aliphatic carbocycles. The maximum absolute atomic E-state index is 9.01. The van der Waals surface area contributed by atoms with Gasteiger partial charge in [-0.25, -0.2) is 0 Å². The van der Waals surface area contributed by atoms with Crippen molar-refractivity contribution in [1.29, 1.82) is 0 Å². The standard InChI is InChI=1S/C9H15NO/c1-6-2-7-4-10-9(5-11)8(7)3-6/h7-11H,1-5H2/t7-,8-,9+/m0/s1. The summed E-state index contributed by atoms with van der Waals surface area (Å²) >= 11 is 0. The smallest absolute Gasteiger partial charge is 0.0587 e. The summed E-state index contributed by atoms with van der Waals surface area (Å²) in [4.78, 5) is 0. The molecule has 3 atom stereocenters. The molecule has 0 aromatic rings. The van der Waals surface area contributed by atoms with E-state index >= 15 is 0 Å². The summed E-state index contributed by atoms with van der Waals surface area (Å²) in [5.74, 6) is 1.44. The van der Waals surface area contributed by atoms with Crippen molar-refractivity contribution in [1.82, 2.24) is 5.32 Å². The fourth-order valence-electron chi connectivity index (χ4n) is 2.45. The third kappa shape index (κ3) is 1.10. The van der Waals surface area contributed by atoms with Crippen molar-refractivity contribution in [2.45, 2.75) is 18.9 Å². The van der Waals surface area contributed by atoms with E-state index in [9.17, 15) is 0 Å². The first-order valence-electron chi connectivity index (χ1n) is 4.32. The number of fused-ring (bicyclic) bond motifs is 1. The topological polar surface area (TPSA) is 32.3 Å². The SMILES string of the molecule is C=C1C[C@H]2CN[C@H](CO)[C@H]2C1. The van der Waals surface area contributed by atoms with Gasteiger partial charge < -0.3 is 10.4 Å². The molecule has 2 N–H and O–H groups in total. The molecule has 2 aliphatic rings. The van der Waals surface area contributed by atoms with Gasteiger partial charge >= 0.3 is 0 Å². The zero-order chi connectivity index (χ0) is 7.84. The van der Waals surface area contributed by atoms with Crippen LogP contribution >= 0.6 is 0 Å². The fourth-order valence-corrected chi connectivity index (χ4v) is 2.45. The summed E-state index contributed by atoms with van der Waals surface area (Å²) in [6.07, 6.45) is 2.30. The number of rotatable bonds is 1. The number of aliphatic hydroxyl groups excluding tert-OH is 1. The Balaban J connectivity index is 2.07. The molecular weight excluding hydrogens is 138 g/mol. The Morgan fingerprint density at radius 1 is 1.55 bits per heavy atom. The summed E-state index contributed by atoms with van der Waals surface area (Å²) in [6.45, 7) is 5.36. The van der Waals surface area contributed by atoms with Gasteiger partial charge in [-0.1, -0.05) is 12.2 Å². The summed E-state index contributed by atoms with van der Waals surface area (Å²) in [7, 11) is 0. The molecule has 2 rings (SSSR count). The van der Waals surface area contributed by atoms with E-state index in [0.29, 0.717) is 12.0 Å². The summed E-state index contributed by atoms with van der Waals surface area (Å²) < 4.78 is 0. The van der Waals surface area contributed by atoms with Crippen LogP contribution in [0.25, 0.3) is 0 Å². The van der Waals surface area contributed by atoms with Crippen molar-refractivity contribution in [3.05, 3.63) is 12.2 Å². The van der Waals surface area contributed by atoms with Crippen LogP contribution in [0.3, 0.4) is 0 Å². The molecule has 0 bridgehead atoms. The fraction of sp³-hybridized carbons (Fsp3) is 0.778. The number of hydrogen-bond acceptors (Lipinski definition) is 2. The molecule has 1 heterocycles. The quantitative estimate of drug-likeness (QED) is 0.539. The van der Waals surface area contributed by atoms with E-state index < -0.39 is 0 Å². The van der Waals surface area contributed by atoms with Crippen LogP contribution in [0.1, 0.15) is 12.8 Å². The highest BCUT2D eigenvalue weighted by molar-refractivity contribution is 5.11. The largest absolute Gasteiger partial charge is 0.395 e. The second kappa shape index (κ2) is 2.61. The van der Waals surface area contributed by atoms with Crippen molar-refractivity contribution < 1.29 is 5.11 Å². The molecule has 0 amide bonds. The average molecular weight is 153 g/mol. The molecule has 0 unspecified atom stereocenters. The Hall–Kier alpha value is -0.340. The van der Waals surface area contributed by atoms with Gasteiger partial charge in [0, 0.05) is 6.04 Å². The van der Waals surface area contributed by atoms with Crippen molar-refractivity contribution in [2.75, 3.05) is 13.2 Å². The molecule has 0 radical (unpaired) electrons. The average Bonchev–Trinajstić information content (AvgIpc) is 2.45. The van der Waals surface area contributed by atoms with Gasteiger partial charge in [0.2, 0.25) is 0 Å². The summed E-state index contributed by atoms with van der Waals surface area (Å²) in [5, 5.41) is 12.3. The van der Waals surface area contributed by atoms with Crippen LogP contribution in [0.4, 0.5) is 0 Å². The van der Waals surface area contributed by atoms with Gasteiger partial charge in [0.15, 0.2) is 0 Å². The minimum atomic E-state index is 0.286. The van der Waals surface area contributed by atoms with Crippen molar-refractivity contribution in [3.8, 4) is 0 Å². The first-order chi connectivity index (χ1) is 5.31. The van der Waals surface area contributed by atoms with Crippen LogP contribution in [-0.2, 0) is 0 Å². The lowest BCUT2D eigenvalue weighted by Gasteiger charge is -2.14. The zero-order valence-corrected chi connectivity index (χ0v) is 6.71. The lowest BCUT2D eigenvalue weighted by atomic mass is 9.95. The highest BCUT2D eigenvalue weighted by Crippen LogP contribution is 2.39. The molecule has 62 valence electrons. The molecule has 1 saturated carbocycles. The number of allylic oxidation sites excluding steroid dienone is 1. The Bertz CT molecular complexity index is 178. The van der Waals surface area contributed by atoms with Crippen LogP contribution < -0.4 is 5.32 Å². The zero-order valence-electron chi connectivity index (χ0n) is 6.71. The normalized spacial score (nSPS) is 43.0. The van der Waals surface area contributed by atoms with E-state index in [1.54, 1.807) is 0 Å². The van der Waals surface area contributed by atoms with E-state index in [-0.39, 0.29) is 6.61 Å². The molecule has 0 spiro atoms. The van der Waals surface area contributed by atoms with Crippen LogP contribution in [0.15, 0.2) is 12.2 Å². The number of nitrogens with one attached hydrogen (secondary N) is 1. The van der Waals surface area contributed by atoms with Gasteiger partial charge in [-0.3, -0.25) is 0 Å². The second-order valence-electron chi connectivity index (χ2n) is 3.78. The van der Waals surface area contributed by atoms with Gasteiger partial charge in [-0.05, 0) is 31.2 Å². The second-order valence-corrected chi connectivity index (χ2v) is 3.78. The molecular formula is C9H15NO. The van der Waals surface area contributed by atoms with Gasteiger partial charge in [0.05, 0.1) is 6.61 Å². The van der Waals surface area contributed by atoms with Gasteiger partial charge in [-0.2, -0.15) is 0 Å². The highest BCUT2D eigenvalue weighted by Gasteiger charge is 2.39. The van der Waals surface area contributed by atoms with Crippen LogP contribution in [0.2, 0.25) is 0 Å². The van der Waals surface area contributed by atoms with Crippen molar-refractivity contribution >= 4 is 0 Å². The first-order valence-corrected chi connectivity index (χ1v) is 4.32. The molecule has 2 fully saturated rings. The van der Waals surface area contributed by atoms with E-state index in [2.05, 4.69) is 11.9 Å². The minimum Gasteiger partial charge on any atom is -0.395 e. The van der Waals surface area contributed by atoms with Crippen LogP contribution in [0, 0.1) is 11.8 Å². The third-order valence-corrected chi connectivity index (χ3v) is 3.04. The van der Waals surface area contributed by atoms with Crippen molar-refractivity contribution in [3.63, 3.8) is 0 Å². The van der Waals surface area contributed by atoms with E-state index in [1.807, 2.05) is 0 Å². The predicted molar refractivity (Wildman–Crippen MR) is 44.2 cm³/mol. The first kappa shape index (κ1) is 7.32. The highest BCUT2D eigenvalue weighted by atomic mass is 16.3. The predicted octanol–water partition coefficient (Wildman–Crippen LogP) is 0.533. The van der Waals surface area contributed by atoms with E-state index in [0.717, 1.165) is 18.9 Å². The van der Waals surface area contributed by atoms with Crippen molar-refractivity contribution in [2.24, 2.45) is 11.8 Å². The summed E-state index contributed by atoms with van der Waals surface area (Å²) in [5.41, 5.74) is 1.37. The third-order valence-electron chi connectivity index (χ3n) is 3.04. The Morgan fingerprint density at radius 2 is 2.36 bits per heavy atom. The molecule has 11 heavy (non-hydrogen) atoms. The van der Waals surface area contributed by atoms with Crippen LogP contribution in [-0.4, -0.2) is 24.3 Å². The van der Waals surface area contributed by atoms with Crippen LogP contribution in [0.5, 0.6) is 0 Å². The molecule has 2 heteroatoms. The molecule has 0 aromatic heterocycles. The molecule has 1 aliphatic heterocycles. The lowest BCUT2D eigenvalue weighted by molar-refractivity contribution is 0.223. The molecule has 2 nitrogen and oxygen atoms in total. The molecule has 1 saturated heterocycles. The van der Waals surface area contributed by atoms with E-state index in [4.69, 9.17) is 5.11 Å². The Kier molecular flexibility index (Phi) is 1.74.